The molecule has 1 N–H and O–H groups in total. The van der Waals surface area contributed by atoms with Gasteiger partial charge in [0, 0.05) is 19.3 Å². The minimum atomic E-state index is -0.0908. The van der Waals surface area contributed by atoms with Crippen LogP contribution in [0.4, 0.5) is 0 Å². The van der Waals surface area contributed by atoms with Crippen LogP contribution >= 0.6 is 15.9 Å². The molecule has 4 nitrogen and oxygen atoms in total. The summed E-state index contributed by atoms with van der Waals surface area (Å²) in [5.41, 5.74) is 0. The van der Waals surface area contributed by atoms with Crippen LogP contribution in [0.3, 0.4) is 0 Å². The summed E-state index contributed by atoms with van der Waals surface area (Å²) in [6.07, 6.45) is 1.73. The lowest BCUT2D eigenvalue weighted by molar-refractivity contribution is -0.124. The zero-order chi connectivity index (χ0) is 15.4. The van der Waals surface area contributed by atoms with Crippen LogP contribution in [0.1, 0.15) is 12.8 Å². The SMILES string of the molecule is O=C(COc1ccc2ccccc2c1Br)NC1CCOCC1. The molecule has 5 heteroatoms. The van der Waals surface area contributed by atoms with Crippen molar-refractivity contribution in [2.75, 3.05) is 19.8 Å². The van der Waals surface area contributed by atoms with Gasteiger partial charge in [-0.1, -0.05) is 30.3 Å². The molecule has 1 fully saturated rings. The number of rotatable bonds is 4. The first-order chi connectivity index (χ1) is 10.7. The highest BCUT2D eigenvalue weighted by Gasteiger charge is 2.16. The van der Waals surface area contributed by atoms with E-state index in [4.69, 9.17) is 9.47 Å². The van der Waals surface area contributed by atoms with E-state index in [1.807, 2.05) is 36.4 Å². The van der Waals surface area contributed by atoms with Crippen LogP contribution in [0.2, 0.25) is 0 Å². The molecule has 0 aromatic heterocycles. The van der Waals surface area contributed by atoms with E-state index in [-0.39, 0.29) is 18.6 Å². The van der Waals surface area contributed by atoms with Gasteiger partial charge in [0.1, 0.15) is 5.75 Å². The maximum atomic E-state index is 12.0. The Kier molecular flexibility index (Phi) is 4.95. The molecule has 3 rings (SSSR count). The normalized spacial score (nSPS) is 15.7. The highest BCUT2D eigenvalue weighted by atomic mass is 79.9. The molecule has 22 heavy (non-hydrogen) atoms. The van der Waals surface area contributed by atoms with Crippen molar-refractivity contribution in [3.05, 3.63) is 40.9 Å². The van der Waals surface area contributed by atoms with Crippen LogP contribution in [0.5, 0.6) is 5.75 Å². The van der Waals surface area contributed by atoms with Crippen molar-refractivity contribution < 1.29 is 14.3 Å². The van der Waals surface area contributed by atoms with Crippen molar-refractivity contribution in [2.45, 2.75) is 18.9 Å². The number of amides is 1. The third kappa shape index (κ3) is 3.59. The molecule has 1 aliphatic rings. The summed E-state index contributed by atoms with van der Waals surface area (Å²) in [6, 6.07) is 12.1. The van der Waals surface area contributed by atoms with Crippen molar-refractivity contribution in [3.63, 3.8) is 0 Å². The Morgan fingerprint density at radius 3 is 2.82 bits per heavy atom. The van der Waals surface area contributed by atoms with Crippen molar-refractivity contribution in [2.24, 2.45) is 0 Å². The maximum Gasteiger partial charge on any atom is 0.258 e. The van der Waals surface area contributed by atoms with E-state index in [0.29, 0.717) is 19.0 Å². The number of benzene rings is 2. The average molecular weight is 364 g/mol. The highest BCUT2D eigenvalue weighted by Crippen LogP contribution is 2.32. The van der Waals surface area contributed by atoms with Crippen LogP contribution in [-0.2, 0) is 9.53 Å². The summed E-state index contributed by atoms with van der Waals surface area (Å²) in [7, 11) is 0. The lowest BCUT2D eigenvalue weighted by Gasteiger charge is -2.23. The van der Waals surface area contributed by atoms with E-state index >= 15 is 0 Å². The fraction of sp³-hybridized carbons (Fsp3) is 0.353. The monoisotopic (exact) mass is 363 g/mol. The Morgan fingerprint density at radius 2 is 2.00 bits per heavy atom. The van der Waals surface area contributed by atoms with Gasteiger partial charge in [-0.2, -0.15) is 0 Å². The molecule has 0 aliphatic carbocycles. The van der Waals surface area contributed by atoms with Gasteiger partial charge in [-0.25, -0.2) is 0 Å². The Labute approximate surface area is 137 Å². The van der Waals surface area contributed by atoms with Gasteiger partial charge >= 0.3 is 0 Å². The first-order valence-electron chi connectivity index (χ1n) is 7.41. The van der Waals surface area contributed by atoms with Crippen molar-refractivity contribution in [1.29, 1.82) is 0 Å². The second-order valence-electron chi connectivity index (χ2n) is 5.34. The number of nitrogens with one attached hydrogen (secondary N) is 1. The third-order valence-electron chi connectivity index (χ3n) is 3.77. The average Bonchev–Trinajstić information content (AvgIpc) is 2.55. The minimum absolute atomic E-state index is 0.0221. The Balaban J connectivity index is 1.61. The van der Waals surface area contributed by atoms with Crippen LogP contribution in [0, 0.1) is 0 Å². The standard InChI is InChI=1S/C17H18BrNO3/c18-17-14-4-2-1-3-12(14)5-6-15(17)22-11-16(20)19-13-7-9-21-10-8-13/h1-6,13H,7-11H2,(H,19,20). The molecule has 116 valence electrons. The molecule has 0 spiro atoms. The number of ether oxygens (including phenoxy) is 2. The predicted octanol–water partition coefficient (Wildman–Crippen LogP) is 3.28. The third-order valence-corrected chi connectivity index (χ3v) is 4.59. The maximum absolute atomic E-state index is 12.0. The number of hydrogen-bond acceptors (Lipinski definition) is 3. The van der Waals surface area contributed by atoms with Gasteiger partial charge in [-0.05, 0) is 45.6 Å². The summed E-state index contributed by atoms with van der Waals surface area (Å²) >= 11 is 3.56. The number of carbonyl (C=O) groups excluding carboxylic acids is 1. The van der Waals surface area contributed by atoms with E-state index in [1.54, 1.807) is 0 Å². The number of halogens is 1. The largest absolute Gasteiger partial charge is 0.483 e. The van der Waals surface area contributed by atoms with Gasteiger partial charge in [-0.3, -0.25) is 4.79 Å². The molecular formula is C17H18BrNO3. The van der Waals surface area contributed by atoms with Crippen molar-refractivity contribution in [3.8, 4) is 5.75 Å². The summed E-state index contributed by atoms with van der Waals surface area (Å²) in [4.78, 5) is 12.0. The zero-order valence-electron chi connectivity index (χ0n) is 12.2. The number of fused-ring (bicyclic) bond motifs is 1. The molecular weight excluding hydrogens is 346 g/mol. The van der Waals surface area contributed by atoms with Gasteiger partial charge in [-0.15, -0.1) is 0 Å². The molecule has 1 amide bonds. The fourth-order valence-corrected chi connectivity index (χ4v) is 3.19. The molecule has 0 radical (unpaired) electrons. The second kappa shape index (κ2) is 7.11. The molecule has 2 aromatic rings. The second-order valence-corrected chi connectivity index (χ2v) is 6.13. The van der Waals surface area contributed by atoms with Crippen molar-refractivity contribution in [1.82, 2.24) is 5.32 Å². The molecule has 2 aromatic carbocycles. The Morgan fingerprint density at radius 1 is 1.23 bits per heavy atom. The molecule has 0 saturated carbocycles. The molecule has 0 bridgehead atoms. The Hall–Kier alpha value is -1.59. The highest BCUT2D eigenvalue weighted by molar-refractivity contribution is 9.10. The quantitative estimate of drug-likeness (QED) is 0.906. The number of hydrogen-bond donors (Lipinski definition) is 1. The summed E-state index contributed by atoms with van der Waals surface area (Å²) < 4.78 is 11.8. The molecule has 0 atom stereocenters. The van der Waals surface area contributed by atoms with Gasteiger partial charge in [0.25, 0.3) is 5.91 Å². The van der Waals surface area contributed by atoms with E-state index in [0.717, 1.165) is 28.1 Å². The lowest BCUT2D eigenvalue weighted by atomic mass is 10.1. The van der Waals surface area contributed by atoms with Crippen LogP contribution in [-0.4, -0.2) is 31.8 Å². The van der Waals surface area contributed by atoms with E-state index in [2.05, 4.69) is 21.2 Å². The fourth-order valence-electron chi connectivity index (χ4n) is 2.58. The van der Waals surface area contributed by atoms with E-state index in [1.165, 1.54) is 0 Å². The molecule has 1 aliphatic heterocycles. The van der Waals surface area contributed by atoms with Gasteiger partial charge in [0.15, 0.2) is 6.61 Å². The molecule has 1 saturated heterocycles. The summed E-state index contributed by atoms with van der Waals surface area (Å²) in [5.74, 6) is 0.591. The first kappa shape index (κ1) is 15.3. The summed E-state index contributed by atoms with van der Waals surface area (Å²) in [5, 5.41) is 5.19. The van der Waals surface area contributed by atoms with Gasteiger partial charge in [0.05, 0.1) is 4.47 Å². The van der Waals surface area contributed by atoms with Crippen molar-refractivity contribution >= 4 is 32.6 Å². The predicted molar refractivity (Wildman–Crippen MR) is 89.1 cm³/mol. The van der Waals surface area contributed by atoms with E-state index in [9.17, 15) is 4.79 Å². The van der Waals surface area contributed by atoms with Gasteiger partial charge < -0.3 is 14.8 Å². The van der Waals surface area contributed by atoms with E-state index < -0.39 is 0 Å². The summed E-state index contributed by atoms with van der Waals surface area (Å²) in [6.45, 7) is 1.44. The van der Waals surface area contributed by atoms with Crippen LogP contribution in [0.15, 0.2) is 40.9 Å². The topological polar surface area (TPSA) is 47.6 Å². The van der Waals surface area contributed by atoms with Gasteiger partial charge in [0.2, 0.25) is 0 Å². The van der Waals surface area contributed by atoms with Crippen LogP contribution < -0.4 is 10.1 Å². The molecule has 0 unspecified atom stereocenters. The zero-order valence-corrected chi connectivity index (χ0v) is 13.8. The number of carbonyl (C=O) groups is 1. The smallest absolute Gasteiger partial charge is 0.258 e. The first-order valence-corrected chi connectivity index (χ1v) is 8.20. The van der Waals surface area contributed by atoms with Crippen LogP contribution in [0.25, 0.3) is 10.8 Å². The minimum Gasteiger partial charge on any atom is -0.483 e. The Bertz CT molecular complexity index is 668. The molecule has 1 heterocycles. The lowest BCUT2D eigenvalue weighted by Crippen LogP contribution is -2.41.